The number of likely N-dealkylation sites (N-methyl/N-ethyl adjacent to an activating group) is 1. The summed E-state index contributed by atoms with van der Waals surface area (Å²) in [4.78, 5) is 17.1. The smallest absolute Gasteiger partial charge is 0.253 e. The molecule has 0 saturated carbocycles. The lowest BCUT2D eigenvalue weighted by Crippen LogP contribution is -2.34. The summed E-state index contributed by atoms with van der Waals surface area (Å²) in [6.07, 6.45) is 2.13. The fraction of sp³-hybridized carbons (Fsp3) is 0.435. The Bertz CT molecular complexity index is 766. The maximum absolute atomic E-state index is 12.9. The fourth-order valence-corrected chi connectivity index (χ4v) is 3.71. The lowest BCUT2D eigenvalue weighted by molar-refractivity contribution is 0.0783. The lowest BCUT2D eigenvalue weighted by Gasteiger charge is -2.20. The topological polar surface area (TPSA) is 23.6 Å². The molecule has 3 rings (SSSR count). The monoisotopic (exact) mass is 350 g/mol. The molecule has 3 heteroatoms. The van der Waals surface area contributed by atoms with Gasteiger partial charge in [-0.2, -0.15) is 0 Å². The first-order valence-corrected chi connectivity index (χ1v) is 9.59. The molecule has 0 bridgehead atoms. The zero-order valence-corrected chi connectivity index (χ0v) is 16.4. The number of rotatable bonds is 5. The number of benzene rings is 2. The molecular weight excluding hydrogens is 320 g/mol. The first kappa shape index (κ1) is 18.7. The Hall–Kier alpha value is -2.13. The van der Waals surface area contributed by atoms with E-state index < -0.39 is 0 Å². The molecule has 1 heterocycles. The third kappa shape index (κ3) is 4.34. The minimum Gasteiger partial charge on any atom is -0.337 e. The molecular formula is C23H30N2O. The van der Waals surface area contributed by atoms with Gasteiger partial charge < -0.3 is 9.80 Å². The van der Waals surface area contributed by atoms with Gasteiger partial charge in [0.25, 0.3) is 5.91 Å². The maximum Gasteiger partial charge on any atom is 0.253 e. The largest absolute Gasteiger partial charge is 0.337 e. The third-order valence-electron chi connectivity index (χ3n) is 5.19. The number of hydrogen-bond acceptors (Lipinski definition) is 2. The van der Waals surface area contributed by atoms with Crippen LogP contribution in [0.5, 0.6) is 0 Å². The molecule has 0 spiro atoms. The molecule has 1 fully saturated rings. The highest BCUT2D eigenvalue weighted by atomic mass is 16.2. The molecule has 1 saturated heterocycles. The van der Waals surface area contributed by atoms with E-state index in [1.165, 1.54) is 11.1 Å². The van der Waals surface area contributed by atoms with E-state index in [-0.39, 0.29) is 5.91 Å². The van der Waals surface area contributed by atoms with Crippen molar-refractivity contribution in [2.75, 3.05) is 27.2 Å². The molecule has 138 valence electrons. The molecule has 26 heavy (non-hydrogen) atoms. The average molecular weight is 351 g/mol. The van der Waals surface area contributed by atoms with E-state index in [9.17, 15) is 4.79 Å². The zero-order chi connectivity index (χ0) is 18.7. The number of carbonyl (C=O) groups excluding carboxylic acids is 1. The molecule has 1 atom stereocenters. The highest BCUT2D eigenvalue weighted by Crippen LogP contribution is 2.24. The van der Waals surface area contributed by atoms with Crippen LogP contribution < -0.4 is 0 Å². The maximum atomic E-state index is 12.9. The van der Waals surface area contributed by atoms with Crippen LogP contribution >= 0.6 is 0 Å². The average Bonchev–Trinajstić information content (AvgIpc) is 3.11. The Balaban J connectivity index is 1.79. The van der Waals surface area contributed by atoms with E-state index in [1.54, 1.807) is 0 Å². The Morgan fingerprint density at radius 1 is 1.12 bits per heavy atom. The van der Waals surface area contributed by atoms with Crippen molar-refractivity contribution in [3.8, 4) is 11.1 Å². The van der Waals surface area contributed by atoms with Crippen LogP contribution in [0.2, 0.25) is 0 Å². The van der Waals surface area contributed by atoms with Crippen molar-refractivity contribution >= 4 is 5.91 Å². The highest BCUT2D eigenvalue weighted by molar-refractivity contribution is 5.95. The standard InChI is InChI=1S/C23H30N2O/c1-17(2)13-18-7-5-8-19(14-18)20-9-6-10-21(15-20)23(26)25-12-11-22(16-25)24(3)4/h5-10,14-15,17,22H,11-13,16H2,1-4H3/t22-/m0/s1. The van der Waals surface area contributed by atoms with E-state index in [0.29, 0.717) is 12.0 Å². The van der Waals surface area contributed by atoms with Gasteiger partial charge in [0.2, 0.25) is 0 Å². The van der Waals surface area contributed by atoms with Gasteiger partial charge in [-0.15, -0.1) is 0 Å². The van der Waals surface area contributed by atoms with Crippen LogP contribution in [0.4, 0.5) is 0 Å². The van der Waals surface area contributed by atoms with Crippen molar-refractivity contribution in [3.63, 3.8) is 0 Å². The van der Waals surface area contributed by atoms with Crippen LogP contribution in [0, 0.1) is 5.92 Å². The summed E-state index contributed by atoms with van der Waals surface area (Å²) < 4.78 is 0. The fourth-order valence-electron chi connectivity index (χ4n) is 3.71. The minimum atomic E-state index is 0.148. The molecule has 1 aliphatic rings. The Kier molecular flexibility index (Phi) is 5.77. The van der Waals surface area contributed by atoms with Crippen molar-refractivity contribution in [1.82, 2.24) is 9.80 Å². The van der Waals surface area contributed by atoms with Gasteiger partial charge in [-0.1, -0.05) is 50.2 Å². The Morgan fingerprint density at radius 3 is 2.46 bits per heavy atom. The predicted octanol–water partition coefficient (Wildman–Crippen LogP) is 4.33. The second-order valence-corrected chi connectivity index (χ2v) is 8.04. The Morgan fingerprint density at radius 2 is 1.81 bits per heavy atom. The zero-order valence-electron chi connectivity index (χ0n) is 16.4. The number of hydrogen-bond donors (Lipinski definition) is 0. The summed E-state index contributed by atoms with van der Waals surface area (Å²) in [7, 11) is 4.17. The van der Waals surface area contributed by atoms with E-state index in [2.05, 4.69) is 63.2 Å². The van der Waals surface area contributed by atoms with Crippen LogP contribution in [0.15, 0.2) is 48.5 Å². The molecule has 0 aromatic heterocycles. The molecule has 0 N–H and O–H groups in total. The number of carbonyl (C=O) groups is 1. The van der Waals surface area contributed by atoms with Crippen LogP contribution in [0.1, 0.15) is 36.2 Å². The van der Waals surface area contributed by atoms with Crippen LogP contribution in [0.3, 0.4) is 0 Å². The normalized spacial score (nSPS) is 17.3. The molecule has 1 aliphatic heterocycles. The minimum absolute atomic E-state index is 0.148. The lowest BCUT2D eigenvalue weighted by atomic mass is 9.97. The van der Waals surface area contributed by atoms with Crippen LogP contribution in [-0.4, -0.2) is 48.9 Å². The molecule has 2 aromatic carbocycles. The molecule has 0 radical (unpaired) electrons. The van der Waals surface area contributed by atoms with Gasteiger partial charge in [0.15, 0.2) is 0 Å². The Labute approximate surface area is 157 Å². The van der Waals surface area contributed by atoms with Gasteiger partial charge in [0, 0.05) is 24.7 Å². The van der Waals surface area contributed by atoms with Crippen LogP contribution in [-0.2, 0) is 6.42 Å². The van der Waals surface area contributed by atoms with Crippen molar-refractivity contribution in [1.29, 1.82) is 0 Å². The summed E-state index contributed by atoms with van der Waals surface area (Å²) in [5.74, 6) is 0.785. The second kappa shape index (κ2) is 8.05. The van der Waals surface area contributed by atoms with E-state index in [1.807, 2.05) is 23.1 Å². The molecule has 1 amide bonds. The van der Waals surface area contributed by atoms with Crippen molar-refractivity contribution in [3.05, 3.63) is 59.7 Å². The van der Waals surface area contributed by atoms with Crippen molar-refractivity contribution in [2.24, 2.45) is 5.92 Å². The first-order chi connectivity index (χ1) is 12.4. The van der Waals surface area contributed by atoms with Gasteiger partial charge in [0.1, 0.15) is 0 Å². The van der Waals surface area contributed by atoms with Crippen molar-refractivity contribution < 1.29 is 4.79 Å². The SMILES string of the molecule is CC(C)Cc1cccc(-c2cccc(C(=O)N3CC[C@H](N(C)C)C3)c2)c1. The quantitative estimate of drug-likeness (QED) is 0.801. The number of amides is 1. The number of nitrogens with zero attached hydrogens (tertiary/aromatic N) is 2. The van der Waals surface area contributed by atoms with Crippen molar-refractivity contribution in [2.45, 2.75) is 32.7 Å². The van der Waals surface area contributed by atoms with E-state index in [4.69, 9.17) is 0 Å². The summed E-state index contributed by atoms with van der Waals surface area (Å²) in [6.45, 7) is 6.14. The second-order valence-electron chi connectivity index (χ2n) is 8.04. The van der Waals surface area contributed by atoms with E-state index in [0.717, 1.165) is 37.1 Å². The molecule has 0 unspecified atom stereocenters. The molecule has 0 aliphatic carbocycles. The summed E-state index contributed by atoms with van der Waals surface area (Å²) >= 11 is 0. The van der Waals surface area contributed by atoms with Gasteiger partial charge in [-0.3, -0.25) is 4.79 Å². The van der Waals surface area contributed by atoms with Gasteiger partial charge in [-0.05, 0) is 61.7 Å². The van der Waals surface area contributed by atoms with Gasteiger partial charge in [-0.25, -0.2) is 0 Å². The summed E-state index contributed by atoms with van der Waals surface area (Å²) in [6, 6.07) is 17.2. The summed E-state index contributed by atoms with van der Waals surface area (Å²) in [5.41, 5.74) is 4.44. The highest BCUT2D eigenvalue weighted by Gasteiger charge is 2.28. The predicted molar refractivity (Wildman–Crippen MR) is 108 cm³/mol. The molecule has 2 aromatic rings. The first-order valence-electron chi connectivity index (χ1n) is 9.59. The van der Waals surface area contributed by atoms with E-state index >= 15 is 0 Å². The van der Waals surface area contributed by atoms with Crippen LogP contribution in [0.25, 0.3) is 11.1 Å². The van der Waals surface area contributed by atoms with Gasteiger partial charge >= 0.3 is 0 Å². The third-order valence-corrected chi connectivity index (χ3v) is 5.19. The molecule has 3 nitrogen and oxygen atoms in total. The number of likely N-dealkylation sites (tertiary alicyclic amines) is 1. The summed E-state index contributed by atoms with van der Waals surface area (Å²) in [5, 5.41) is 0. The van der Waals surface area contributed by atoms with Gasteiger partial charge in [0.05, 0.1) is 0 Å².